The fourth-order valence-electron chi connectivity index (χ4n) is 2.42. The second kappa shape index (κ2) is 5.81. The summed E-state index contributed by atoms with van der Waals surface area (Å²) in [5.74, 6) is 0. The van der Waals surface area contributed by atoms with Crippen LogP contribution in [0.5, 0.6) is 0 Å². The van der Waals surface area contributed by atoms with Gasteiger partial charge in [-0.1, -0.05) is 18.2 Å². The first-order valence-corrected chi connectivity index (χ1v) is 6.67. The molecule has 21 heavy (non-hydrogen) atoms. The molecule has 0 amide bonds. The zero-order valence-corrected chi connectivity index (χ0v) is 11.7. The van der Waals surface area contributed by atoms with Crippen molar-refractivity contribution in [3.63, 3.8) is 0 Å². The smallest absolute Gasteiger partial charge is 0.193 e. The summed E-state index contributed by atoms with van der Waals surface area (Å²) in [6, 6.07) is 17.2. The van der Waals surface area contributed by atoms with Gasteiger partial charge in [0, 0.05) is 25.7 Å². The molecule has 0 N–H and O–H groups in total. The number of rotatable bonds is 4. The molecule has 0 fully saturated rings. The largest absolute Gasteiger partial charge is 0.359 e. The van der Waals surface area contributed by atoms with Gasteiger partial charge in [-0.05, 0) is 36.4 Å². The van der Waals surface area contributed by atoms with Crippen molar-refractivity contribution < 1.29 is 4.74 Å². The maximum atomic E-state index is 5.91. The van der Waals surface area contributed by atoms with Crippen LogP contribution in [0.15, 0.2) is 73.2 Å². The Morgan fingerprint density at radius 2 is 1.05 bits per heavy atom. The van der Waals surface area contributed by atoms with E-state index in [9.17, 15) is 0 Å². The predicted molar refractivity (Wildman–Crippen MR) is 79.6 cm³/mol. The van der Waals surface area contributed by atoms with Crippen molar-refractivity contribution in [1.82, 2.24) is 15.0 Å². The van der Waals surface area contributed by atoms with Crippen molar-refractivity contribution in [3.8, 4) is 0 Å². The van der Waals surface area contributed by atoms with Crippen LogP contribution in [0.2, 0.25) is 0 Å². The highest BCUT2D eigenvalue weighted by Crippen LogP contribution is 2.36. The van der Waals surface area contributed by atoms with Crippen LogP contribution in [-0.4, -0.2) is 22.1 Å². The van der Waals surface area contributed by atoms with Crippen LogP contribution in [0, 0.1) is 0 Å². The highest BCUT2D eigenvalue weighted by molar-refractivity contribution is 5.38. The third-order valence-corrected chi connectivity index (χ3v) is 3.38. The zero-order valence-electron chi connectivity index (χ0n) is 11.7. The van der Waals surface area contributed by atoms with Gasteiger partial charge in [0.05, 0.1) is 17.1 Å². The summed E-state index contributed by atoms with van der Waals surface area (Å²) < 4.78 is 5.91. The van der Waals surface area contributed by atoms with Crippen molar-refractivity contribution >= 4 is 0 Å². The average molecular weight is 277 g/mol. The van der Waals surface area contributed by atoms with Crippen molar-refractivity contribution in [1.29, 1.82) is 0 Å². The molecule has 0 spiro atoms. The standard InChI is InChI=1S/C17H15N3O/c1-21-17(14-8-2-5-11-18-14,15-9-3-6-12-19-15)16-10-4-7-13-20-16/h2-13H,1H3. The topological polar surface area (TPSA) is 47.9 Å². The van der Waals surface area contributed by atoms with Gasteiger partial charge in [-0.2, -0.15) is 0 Å². The molecule has 0 radical (unpaired) electrons. The second-order valence-electron chi connectivity index (χ2n) is 4.53. The molecule has 0 bridgehead atoms. The molecule has 0 aliphatic carbocycles. The summed E-state index contributed by atoms with van der Waals surface area (Å²) in [6.07, 6.45) is 5.24. The predicted octanol–water partition coefficient (Wildman–Crippen LogP) is 2.81. The molecule has 4 heteroatoms. The first kappa shape index (κ1) is 13.4. The highest BCUT2D eigenvalue weighted by Gasteiger charge is 2.40. The van der Waals surface area contributed by atoms with Gasteiger partial charge >= 0.3 is 0 Å². The van der Waals surface area contributed by atoms with E-state index in [1.54, 1.807) is 25.7 Å². The molecule has 0 aliphatic heterocycles. The van der Waals surface area contributed by atoms with E-state index < -0.39 is 5.60 Å². The van der Waals surface area contributed by atoms with Gasteiger partial charge in [0.25, 0.3) is 0 Å². The summed E-state index contributed by atoms with van der Waals surface area (Å²) in [7, 11) is 1.65. The number of hydrogen-bond acceptors (Lipinski definition) is 4. The maximum absolute atomic E-state index is 5.91. The summed E-state index contributed by atoms with van der Waals surface area (Å²) >= 11 is 0. The van der Waals surface area contributed by atoms with E-state index in [4.69, 9.17) is 4.74 Å². The number of pyridine rings is 3. The summed E-state index contributed by atoms with van der Waals surface area (Å²) in [4.78, 5) is 13.4. The normalized spacial score (nSPS) is 11.3. The molecule has 3 rings (SSSR count). The van der Waals surface area contributed by atoms with E-state index >= 15 is 0 Å². The van der Waals surface area contributed by atoms with Crippen molar-refractivity contribution in [2.45, 2.75) is 5.60 Å². The molecular weight excluding hydrogens is 262 g/mol. The van der Waals surface area contributed by atoms with Gasteiger partial charge in [0.2, 0.25) is 0 Å². The molecule has 104 valence electrons. The maximum Gasteiger partial charge on any atom is 0.193 e. The van der Waals surface area contributed by atoms with Gasteiger partial charge in [-0.25, -0.2) is 0 Å². The van der Waals surface area contributed by atoms with Crippen molar-refractivity contribution in [2.24, 2.45) is 0 Å². The summed E-state index contributed by atoms with van der Waals surface area (Å²) in [5, 5.41) is 0. The van der Waals surface area contributed by atoms with Crippen molar-refractivity contribution in [2.75, 3.05) is 7.11 Å². The minimum atomic E-state index is -0.913. The SMILES string of the molecule is COC(c1ccccn1)(c1ccccn1)c1ccccn1. The second-order valence-corrected chi connectivity index (χ2v) is 4.53. The van der Waals surface area contributed by atoms with E-state index in [1.165, 1.54) is 0 Å². The Bertz CT molecular complexity index is 590. The zero-order chi connectivity index (χ0) is 14.5. The number of ether oxygens (including phenoxy) is 1. The number of hydrogen-bond donors (Lipinski definition) is 0. The Balaban J connectivity index is 2.29. The molecule has 0 aromatic carbocycles. The average Bonchev–Trinajstić information content (AvgIpc) is 2.59. The molecule has 0 atom stereocenters. The van der Waals surface area contributed by atoms with E-state index in [2.05, 4.69) is 15.0 Å². The first-order chi connectivity index (χ1) is 10.4. The lowest BCUT2D eigenvalue weighted by atomic mass is 9.89. The molecule has 3 heterocycles. The highest BCUT2D eigenvalue weighted by atomic mass is 16.5. The number of methoxy groups -OCH3 is 1. The van der Waals surface area contributed by atoms with Crippen LogP contribution in [0.3, 0.4) is 0 Å². The summed E-state index contributed by atoms with van der Waals surface area (Å²) in [6.45, 7) is 0. The lowest BCUT2D eigenvalue weighted by molar-refractivity contribution is 0.0474. The molecular formula is C17H15N3O. The van der Waals surface area contributed by atoms with Gasteiger partial charge in [0.1, 0.15) is 0 Å². The minimum absolute atomic E-state index is 0.755. The van der Waals surface area contributed by atoms with Gasteiger partial charge in [0.15, 0.2) is 5.60 Å². The number of aromatic nitrogens is 3. The van der Waals surface area contributed by atoms with Crippen LogP contribution < -0.4 is 0 Å². The third-order valence-electron chi connectivity index (χ3n) is 3.38. The van der Waals surface area contributed by atoms with Crippen LogP contribution in [0.4, 0.5) is 0 Å². The Morgan fingerprint density at radius 1 is 0.667 bits per heavy atom. The van der Waals surface area contributed by atoms with Crippen molar-refractivity contribution in [3.05, 3.63) is 90.3 Å². The third kappa shape index (κ3) is 2.30. The van der Waals surface area contributed by atoms with Crippen LogP contribution >= 0.6 is 0 Å². The molecule has 0 saturated carbocycles. The lowest BCUT2D eigenvalue weighted by Crippen LogP contribution is -2.34. The Kier molecular flexibility index (Phi) is 3.71. The monoisotopic (exact) mass is 277 g/mol. The van der Waals surface area contributed by atoms with Crippen LogP contribution in [0.25, 0.3) is 0 Å². The van der Waals surface area contributed by atoms with E-state index in [1.807, 2.05) is 54.6 Å². The van der Waals surface area contributed by atoms with Crippen LogP contribution in [-0.2, 0) is 10.3 Å². The molecule has 3 aromatic heterocycles. The van der Waals surface area contributed by atoms with E-state index in [-0.39, 0.29) is 0 Å². The fourth-order valence-corrected chi connectivity index (χ4v) is 2.42. The molecule has 0 unspecified atom stereocenters. The van der Waals surface area contributed by atoms with Gasteiger partial charge in [-0.3, -0.25) is 15.0 Å². The van der Waals surface area contributed by atoms with E-state index in [0.717, 1.165) is 17.1 Å². The molecule has 0 saturated heterocycles. The molecule has 4 nitrogen and oxygen atoms in total. The van der Waals surface area contributed by atoms with Crippen LogP contribution in [0.1, 0.15) is 17.1 Å². The number of nitrogens with zero attached hydrogens (tertiary/aromatic N) is 3. The lowest BCUT2D eigenvalue weighted by Gasteiger charge is -2.30. The Hall–Kier alpha value is -2.59. The van der Waals surface area contributed by atoms with Gasteiger partial charge in [-0.15, -0.1) is 0 Å². The van der Waals surface area contributed by atoms with E-state index in [0.29, 0.717) is 0 Å². The fraction of sp³-hybridized carbons (Fsp3) is 0.118. The minimum Gasteiger partial charge on any atom is -0.359 e. The molecule has 0 aliphatic rings. The molecule has 3 aromatic rings. The van der Waals surface area contributed by atoms with Gasteiger partial charge < -0.3 is 4.74 Å². The quantitative estimate of drug-likeness (QED) is 0.735. The summed E-state index contributed by atoms with van der Waals surface area (Å²) in [5.41, 5.74) is 1.35. The Labute approximate surface area is 123 Å². The Morgan fingerprint density at radius 3 is 1.29 bits per heavy atom. The first-order valence-electron chi connectivity index (χ1n) is 6.67.